The molecule has 5 nitrogen and oxygen atoms in total. The van der Waals surface area contributed by atoms with Crippen molar-refractivity contribution < 1.29 is 0 Å². The van der Waals surface area contributed by atoms with Crippen LogP contribution in [0.15, 0.2) is 10.4 Å². The van der Waals surface area contributed by atoms with E-state index in [4.69, 9.17) is 4.98 Å². The third kappa shape index (κ3) is 7.38. The fraction of sp³-hybridized carbons (Fsp3) is 0.778. The molecule has 2 N–H and O–H groups in total. The molecule has 0 unspecified atom stereocenters. The van der Waals surface area contributed by atoms with E-state index in [0.29, 0.717) is 6.04 Å². The van der Waals surface area contributed by atoms with Crippen molar-refractivity contribution in [3.8, 4) is 0 Å². The van der Waals surface area contributed by atoms with Gasteiger partial charge < -0.3 is 15.5 Å². The van der Waals surface area contributed by atoms with E-state index in [-0.39, 0.29) is 29.4 Å². The third-order valence-corrected chi connectivity index (χ3v) is 5.64. The van der Waals surface area contributed by atoms with Gasteiger partial charge in [0.1, 0.15) is 0 Å². The number of nitrogens with zero attached hydrogens (tertiary/aromatic N) is 3. The summed E-state index contributed by atoms with van der Waals surface area (Å²) >= 11 is 1.74. The van der Waals surface area contributed by atoms with Crippen LogP contribution in [0, 0.1) is 0 Å². The van der Waals surface area contributed by atoms with Crippen molar-refractivity contribution in [3.05, 3.63) is 16.1 Å². The van der Waals surface area contributed by atoms with Crippen molar-refractivity contribution in [3.63, 3.8) is 0 Å². The molecule has 0 amide bonds. The summed E-state index contributed by atoms with van der Waals surface area (Å²) in [7, 11) is 1.84. The topological polar surface area (TPSA) is 52.5 Å². The maximum absolute atomic E-state index is 4.73. The molecule has 0 spiro atoms. The number of likely N-dealkylation sites (tertiary alicyclic amines) is 1. The first-order valence-electron chi connectivity index (χ1n) is 9.06. The van der Waals surface area contributed by atoms with Gasteiger partial charge in [-0.05, 0) is 25.8 Å². The Balaban J connectivity index is 0.00000312. The molecule has 0 atom stereocenters. The van der Waals surface area contributed by atoms with Crippen LogP contribution in [0.1, 0.15) is 57.7 Å². The molecule has 0 aromatic carbocycles. The Hall–Kier alpha value is -0.410. The van der Waals surface area contributed by atoms with Crippen LogP contribution in [-0.4, -0.2) is 48.6 Å². The standard InChI is InChI=1S/C18H33N5S.HI/c1-6-9-23-10-7-14(8-11-23)22-17(19-5)20-12-15-13-24-16(21-15)18(2,3)4;/h13-14H,6-12H2,1-5H3,(H2,19,20,22);1H. The number of halogens is 1. The van der Waals surface area contributed by atoms with E-state index < -0.39 is 0 Å². The van der Waals surface area contributed by atoms with E-state index in [1.165, 1.54) is 43.9 Å². The lowest BCUT2D eigenvalue weighted by atomic mass is 9.98. The van der Waals surface area contributed by atoms with Crippen molar-refractivity contribution in [2.24, 2.45) is 4.99 Å². The predicted molar refractivity (Wildman–Crippen MR) is 119 cm³/mol. The minimum Gasteiger partial charge on any atom is -0.354 e. The highest BCUT2D eigenvalue weighted by molar-refractivity contribution is 14.0. The molecule has 0 aliphatic carbocycles. The first-order valence-corrected chi connectivity index (χ1v) is 9.94. The summed E-state index contributed by atoms with van der Waals surface area (Å²) in [5, 5.41) is 10.3. The number of thiazole rings is 1. The van der Waals surface area contributed by atoms with Crippen molar-refractivity contribution in [1.82, 2.24) is 20.5 Å². The molecule has 1 aromatic rings. The molecule has 25 heavy (non-hydrogen) atoms. The summed E-state index contributed by atoms with van der Waals surface area (Å²) in [5.74, 6) is 0.884. The van der Waals surface area contributed by atoms with E-state index in [0.717, 1.165) is 18.2 Å². The molecule has 0 radical (unpaired) electrons. The molecule has 1 saturated heterocycles. The summed E-state index contributed by atoms with van der Waals surface area (Å²) in [6.45, 7) is 13.2. The number of aromatic nitrogens is 1. The van der Waals surface area contributed by atoms with Gasteiger partial charge in [0.15, 0.2) is 5.96 Å². The molecule has 1 aliphatic rings. The summed E-state index contributed by atoms with van der Waals surface area (Å²) in [6.07, 6.45) is 3.61. The largest absolute Gasteiger partial charge is 0.354 e. The van der Waals surface area contributed by atoms with Crippen LogP contribution >= 0.6 is 35.3 Å². The van der Waals surface area contributed by atoms with Gasteiger partial charge in [-0.15, -0.1) is 35.3 Å². The number of aliphatic imine (C=N–C) groups is 1. The predicted octanol–water partition coefficient (Wildman–Crippen LogP) is 3.60. The lowest BCUT2D eigenvalue weighted by Gasteiger charge is -2.32. The molecule has 1 aliphatic heterocycles. The van der Waals surface area contributed by atoms with Gasteiger partial charge in [0, 0.05) is 37.0 Å². The quantitative estimate of drug-likeness (QED) is 0.385. The highest BCUT2D eigenvalue weighted by Gasteiger charge is 2.20. The average molecular weight is 479 g/mol. The normalized spacial score (nSPS) is 17.2. The summed E-state index contributed by atoms with van der Waals surface area (Å²) in [4.78, 5) is 11.6. The summed E-state index contributed by atoms with van der Waals surface area (Å²) < 4.78 is 0. The van der Waals surface area contributed by atoms with E-state index in [1.54, 1.807) is 11.3 Å². The van der Waals surface area contributed by atoms with E-state index >= 15 is 0 Å². The average Bonchev–Trinajstić information content (AvgIpc) is 3.02. The Morgan fingerprint density at radius 3 is 2.56 bits per heavy atom. The Morgan fingerprint density at radius 1 is 1.36 bits per heavy atom. The lowest BCUT2D eigenvalue weighted by Crippen LogP contribution is -2.48. The van der Waals surface area contributed by atoms with Gasteiger partial charge in [0.05, 0.1) is 17.2 Å². The Kier molecular flexibility index (Phi) is 9.66. The van der Waals surface area contributed by atoms with Crippen molar-refractivity contribution in [2.45, 2.75) is 65.0 Å². The van der Waals surface area contributed by atoms with Gasteiger partial charge in [0.2, 0.25) is 0 Å². The number of guanidine groups is 1. The fourth-order valence-corrected chi connectivity index (χ4v) is 3.82. The van der Waals surface area contributed by atoms with E-state index in [1.807, 2.05) is 7.05 Å². The molecule has 2 rings (SSSR count). The highest BCUT2D eigenvalue weighted by atomic mass is 127. The molecule has 144 valence electrons. The summed E-state index contributed by atoms with van der Waals surface area (Å²) in [5.41, 5.74) is 1.21. The van der Waals surface area contributed by atoms with Gasteiger partial charge in [-0.3, -0.25) is 4.99 Å². The molecule has 1 fully saturated rings. The van der Waals surface area contributed by atoms with Crippen LogP contribution in [0.4, 0.5) is 0 Å². The minimum atomic E-state index is 0. The number of nitrogens with one attached hydrogen (secondary N) is 2. The molecule has 0 bridgehead atoms. The lowest BCUT2D eigenvalue weighted by molar-refractivity contribution is 0.206. The molecule has 0 saturated carbocycles. The van der Waals surface area contributed by atoms with Crippen LogP contribution in [0.25, 0.3) is 0 Å². The van der Waals surface area contributed by atoms with Crippen LogP contribution in [0.3, 0.4) is 0 Å². The van der Waals surface area contributed by atoms with Crippen LogP contribution in [0.5, 0.6) is 0 Å². The minimum absolute atomic E-state index is 0. The highest BCUT2D eigenvalue weighted by Crippen LogP contribution is 2.25. The first kappa shape index (κ1) is 22.6. The van der Waals surface area contributed by atoms with Crippen LogP contribution in [0.2, 0.25) is 0 Å². The molecule has 1 aromatic heterocycles. The number of piperidine rings is 1. The first-order chi connectivity index (χ1) is 11.4. The van der Waals surface area contributed by atoms with Gasteiger partial charge in [0.25, 0.3) is 0 Å². The molecular formula is C18H34IN5S. The SMILES string of the molecule is CCCN1CCC(NC(=NC)NCc2csc(C(C)(C)C)n2)CC1.I. The second-order valence-corrected chi connectivity index (χ2v) is 8.44. The molecule has 7 heteroatoms. The van der Waals surface area contributed by atoms with Crippen molar-refractivity contribution >= 4 is 41.3 Å². The zero-order valence-corrected chi connectivity index (χ0v) is 19.4. The van der Waals surface area contributed by atoms with Gasteiger partial charge in [-0.1, -0.05) is 27.7 Å². The zero-order chi connectivity index (χ0) is 17.6. The van der Waals surface area contributed by atoms with Gasteiger partial charge >= 0.3 is 0 Å². The number of hydrogen-bond acceptors (Lipinski definition) is 4. The number of rotatable bonds is 5. The Labute approximate surface area is 174 Å². The number of hydrogen-bond donors (Lipinski definition) is 2. The fourth-order valence-electron chi connectivity index (χ4n) is 2.91. The van der Waals surface area contributed by atoms with Crippen molar-refractivity contribution in [2.75, 3.05) is 26.7 Å². The smallest absolute Gasteiger partial charge is 0.191 e. The van der Waals surface area contributed by atoms with Crippen LogP contribution in [-0.2, 0) is 12.0 Å². The third-order valence-electron chi connectivity index (χ3n) is 4.32. The second-order valence-electron chi connectivity index (χ2n) is 7.58. The maximum atomic E-state index is 4.73. The van der Waals surface area contributed by atoms with E-state index in [2.05, 4.69) is 53.6 Å². The molecular weight excluding hydrogens is 445 g/mol. The second kappa shape index (κ2) is 10.7. The molecule has 2 heterocycles. The zero-order valence-electron chi connectivity index (χ0n) is 16.3. The summed E-state index contributed by atoms with van der Waals surface area (Å²) in [6, 6.07) is 0.518. The van der Waals surface area contributed by atoms with E-state index in [9.17, 15) is 0 Å². The van der Waals surface area contributed by atoms with Gasteiger partial charge in [-0.2, -0.15) is 0 Å². The monoisotopic (exact) mass is 479 g/mol. The Bertz CT molecular complexity index is 530. The van der Waals surface area contributed by atoms with Crippen molar-refractivity contribution in [1.29, 1.82) is 0 Å². The Morgan fingerprint density at radius 2 is 2.04 bits per heavy atom. The van der Waals surface area contributed by atoms with Gasteiger partial charge in [-0.25, -0.2) is 4.98 Å². The maximum Gasteiger partial charge on any atom is 0.191 e. The van der Waals surface area contributed by atoms with Crippen LogP contribution < -0.4 is 10.6 Å².